The molecule has 4 nitrogen and oxygen atoms in total. The van der Waals surface area contributed by atoms with E-state index in [-0.39, 0.29) is 23.2 Å². The smallest absolute Gasteiger partial charge is 0.223 e. The van der Waals surface area contributed by atoms with E-state index in [2.05, 4.69) is 11.8 Å². The standard InChI is InChI=1S/C18H25FN2O2/c1-14(15-3-5-16(19)6-4-15)11-17(22)20-12-18(2,13-20)21-7-9-23-10-8-21/h3-6,14H,7-13H2,1-2H3. The highest BCUT2D eigenvalue weighted by Gasteiger charge is 2.45. The molecule has 1 atom stereocenters. The summed E-state index contributed by atoms with van der Waals surface area (Å²) in [6.07, 6.45) is 0.477. The van der Waals surface area contributed by atoms with E-state index in [9.17, 15) is 9.18 Å². The lowest BCUT2D eigenvalue weighted by Gasteiger charge is -2.55. The van der Waals surface area contributed by atoms with Crippen molar-refractivity contribution in [2.45, 2.75) is 31.7 Å². The molecule has 2 saturated heterocycles. The van der Waals surface area contributed by atoms with Gasteiger partial charge in [0.25, 0.3) is 0 Å². The van der Waals surface area contributed by atoms with Gasteiger partial charge < -0.3 is 9.64 Å². The average molecular weight is 320 g/mol. The van der Waals surface area contributed by atoms with Crippen LogP contribution in [-0.4, -0.2) is 60.6 Å². The monoisotopic (exact) mass is 320 g/mol. The van der Waals surface area contributed by atoms with Crippen LogP contribution in [0.2, 0.25) is 0 Å². The fourth-order valence-corrected chi connectivity index (χ4v) is 3.56. The molecule has 0 aliphatic carbocycles. The summed E-state index contributed by atoms with van der Waals surface area (Å²) in [7, 11) is 0. The van der Waals surface area contributed by atoms with Gasteiger partial charge in [0.15, 0.2) is 0 Å². The van der Waals surface area contributed by atoms with Crippen LogP contribution < -0.4 is 0 Å². The van der Waals surface area contributed by atoms with E-state index in [1.165, 1.54) is 12.1 Å². The normalized spacial score (nSPS) is 22.5. The first-order valence-electron chi connectivity index (χ1n) is 8.34. The van der Waals surface area contributed by atoms with Gasteiger partial charge in [0.2, 0.25) is 5.91 Å². The number of amides is 1. The third-order valence-corrected chi connectivity index (χ3v) is 5.11. The number of benzene rings is 1. The Labute approximate surface area is 137 Å². The lowest BCUT2D eigenvalue weighted by Crippen LogP contribution is -2.71. The van der Waals surface area contributed by atoms with Gasteiger partial charge >= 0.3 is 0 Å². The Morgan fingerprint density at radius 3 is 2.48 bits per heavy atom. The zero-order valence-corrected chi connectivity index (χ0v) is 13.9. The molecule has 1 aromatic carbocycles. The summed E-state index contributed by atoms with van der Waals surface area (Å²) in [5.41, 5.74) is 1.11. The summed E-state index contributed by atoms with van der Waals surface area (Å²) in [6, 6.07) is 6.44. The number of morpholine rings is 1. The van der Waals surface area contributed by atoms with Crippen LogP contribution >= 0.6 is 0 Å². The predicted molar refractivity (Wildman–Crippen MR) is 86.8 cm³/mol. The fraction of sp³-hybridized carbons (Fsp3) is 0.611. The highest BCUT2D eigenvalue weighted by molar-refractivity contribution is 5.78. The van der Waals surface area contributed by atoms with Gasteiger partial charge in [-0.15, -0.1) is 0 Å². The maximum Gasteiger partial charge on any atom is 0.223 e. The van der Waals surface area contributed by atoms with Crippen molar-refractivity contribution in [3.8, 4) is 0 Å². The number of hydrogen-bond acceptors (Lipinski definition) is 3. The first-order valence-corrected chi connectivity index (χ1v) is 8.34. The second-order valence-electron chi connectivity index (χ2n) is 7.00. The van der Waals surface area contributed by atoms with E-state index < -0.39 is 0 Å². The number of likely N-dealkylation sites (tertiary alicyclic amines) is 1. The van der Waals surface area contributed by atoms with Gasteiger partial charge in [-0.25, -0.2) is 4.39 Å². The van der Waals surface area contributed by atoms with Crippen molar-refractivity contribution in [3.05, 3.63) is 35.6 Å². The molecule has 0 N–H and O–H groups in total. The van der Waals surface area contributed by atoms with Gasteiger partial charge in [0.1, 0.15) is 5.82 Å². The van der Waals surface area contributed by atoms with Gasteiger partial charge in [0, 0.05) is 32.6 Å². The van der Waals surface area contributed by atoms with Gasteiger partial charge in [-0.05, 0) is 30.5 Å². The SMILES string of the molecule is CC(CC(=O)N1CC(C)(N2CCOCC2)C1)c1ccc(F)cc1. The van der Waals surface area contributed by atoms with Crippen LogP contribution in [0.25, 0.3) is 0 Å². The van der Waals surface area contributed by atoms with Crippen LogP contribution in [0.4, 0.5) is 4.39 Å². The Morgan fingerprint density at radius 1 is 1.26 bits per heavy atom. The van der Waals surface area contributed by atoms with Gasteiger partial charge in [-0.3, -0.25) is 9.69 Å². The molecule has 3 rings (SSSR count). The molecule has 5 heteroatoms. The van der Waals surface area contributed by atoms with E-state index in [0.29, 0.717) is 6.42 Å². The number of ether oxygens (including phenoxy) is 1. The van der Waals surface area contributed by atoms with Crippen molar-refractivity contribution in [2.24, 2.45) is 0 Å². The molecule has 0 radical (unpaired) electrons. The molecule has 2 fully saturated rings. The van der Waals surface area contributed by atoms with Crippen molar-refractivity contribution in [2.75, 3.05) is 39.4 Å². The first kappa shape index (κ1) is 16.4. The van der Waals surface area contributed by atoms with E-state index >= 15 is 0 Å². The molecule has 0 bridgehead atoms. The molecule has 1 aromatic rings. The topological polar surface area (TPSA) is 32.8 Å². The Bertz CT molecular complexity index is 549. The third-order valence-electron chi connectivity index (χ3n) is 5.11. The summed E-state index contributed by atoms with van der Waals surface area (Å²) in [5.74, 6) is 0.0576. The molecule has 2 aliphatic heterocycles. The molecule has 1 unspecified atom stereocenters. The molecule has 1 amide bonds. The summed E-state index contributed by atoms with van der Waals surface area (Å²) in [4.78, 5) is 16.8. The van der Waals surface area contributed by atoms with Crippen LogP contribution in [0.5, 0.6) is 0 Å². The Morgan fingerprint density at radius 2 is 1.87 bits per heavy atom. The van der Waals surface area contributed by atoms with Crippen molar-refractivity contribution < 1.29 is 13.9 Å². The molecule has 23 heavy (non-hydrogen) atoms. The molecule has 126 valence electrons. The van der Waals surface area contributed by atoms with Crippen molar-refractivity contribution >= 4 is 5.91 Å². The molecule has 0 aromatic heterocycles. The average Bonchev–Trinajstić information content (AvgIpc) is 2.53. The van der Waals surface area contributed by atoms with Gasteiger partial charge in [-0.1, -0.05) is 19.1 Å². The number of carbonyl (C=O) groups excluding carboxylic acids is 1. The van der Waals surface area contributed by atoms with Crippen LogP contribution in [0.15, 0.2) is 24.3 Å². The minimum atomic E-state index is -0.240. The van der Waals surface area contributed by atoms with Crippen LogP contribution in [0, 0.1) is 5.82 Å². The van der Waals surface area contributed by atoms with Gasteiger partial charge in [0.05, 0.1) is 18.8 Å². The summed E-state index contributed by atoms with van der Waals surface area (Å²) in [5, 5.41) is 0. The van der Waals surface area contributed by atoms with Gasteiger partial charge in [-0.2, -0.15) is 0 Å². The number of rotatable bonds is 4. The highest BCUT2D eigenvalue weighted by atomic mass is 19.1. The van der Waals surface area contributed by atoms with E-state index in [1.807, 2.05) is 11.8 Å². The zero-order valence-electron chi connectivity index (χ0n) is 13.9. The quantitative estimate of drug-likeness (QED) is 0.853. The minimum Gasteiger partial charge on any atom is -0.379 e. The first-order chi connectivity index (χ1) is 11.0. The van der Waals surface area contributed by atoms with Crippen molar-refractivity contribution in [1.29, 1.82) is 0 Å². The number of hydrogen-bond donors (Lipinski definition) is 0. The zero-order chi connectivity index (χ0) is 16.4. The second-order valence-corrected chi connectivity index (χ2v) is 7.00. The Balaban J connectivity index is 1.51. The van der Waals surface area contributed by atoms with E-state index in [1.54, 1.807) is 12.1 Å². The van der Waals surface area contributed by atoms with Crippen molar-refractivity contribution in [3.63, 3.8) is 0 Å². The summed E-state index contributed by atoms with van der Waals surface area (Å²) in [6.45, 7) is 9.30. The maximum absolute atomic E-state index is 13.0. The van der Waals surface area contributed by atoms with Crippen LogP contribution in [0.1, 0.15) is 31.7 Å². The Hall–Kier alpha value is -1.46. The summed E-state index contributed by atoms with van der Waals surface area (Å²) < 4.78 is 18.4. The highest BCUT2D eigenvalue weighted by Crippen LogP contribution is 2.30. The van der Waals surface area contributed by atoms with Crippen LogP contribution in [0.3, 0.4) is 0 Å². The largest absolute Gasteiger partial charge is 0.379 e. The molecule has 0 spiro atoms. The maximum atomic E-state index is 13.0. The Kier molecular flexibility index (Phi) is 4.69. The van der Waals surface area contributed by atoms with Crippen LogP contribution in [-0.2, 0) is 9.53 Å². The molecular weight excluding hydrogens is 295 g/mol. The number of halogens is 1. The molecule has 2 aliphatic rings. The lowest BCUT2D eigenvalue weighted by atomic mass is 9.88. The van der Waals surface area contributed by atoms with E-state index in [0.717, 1.165) is 45.0 Å². The summed E-state index contributed by atoms with van der Waals surface area (Å²) >= 11 is 0. The third kappa shape index (κ3) is 3.56. The second kappa shape index (κ2) is 6.57. The van der Waals surface area contributed by atoms with Crippen molar-refractivity contribution in [1.82, 2.24) is 9.80 Å². The predicted octanol–water partition coefficient (Wildman–Crippen LogP) is 2.25. The lowest BCUT2D eigenvalue weighted by molar-refractivity contribution is -0.149. The number of carbonyl (C=O) groups is 1. The fourth-order valence-electron chi connectivity index (χ4n) is 3.56. The molecular formula is C18H25FN2O2. The molecule has 0 saturated carbocycles. The number of nitrogens with zero attached hydrogens (tertiary/aromatic N) is 2. The minimum absolute atomic E-state index is 0.0958. The molecule has 2 heterocycles. The van der Waals surface area contributed by atoms with E-state index in [4.69, 9.17) is 4.74 Å².